The summed E-state index contributed by atoms with van der Waals surface area (Å²) in [5.41, 5.74) is 6.22. The van der Waals surface area contributed by atoms with E-state index in [1.165, 1.54) is 11.5 Å². The van der Waals surface area contributed by atoms with Gasteiger partial charge in [-0.1, -0.05) is 17.3 Å². The fourth-order valence-electron chi connectivity index (χ4n) is 5.76. The Hall–Kier alpha value is -3.34. The second kappa shape index (κ2) is 9.44. The summed E-state index contributed by atoms with van der Waals surface area (Å²) in [5, 5.41) is 19.7. The zero-order chi connectivity index (χ0) is 26.6. The standard InChI is InChI=1S/C28H32N6O3S/c1-16-23(33(4)32-30-16)19-14-21-22(29-15-19)26-25(27(31-38-26)28(2,3)35)34(21)24(17-9-11-37-12-10-17)18-7-6-8-20(13-18)36-5/h6-8,13-15,17,24,35H,9-12H2,1-5H3. The summed E-state index contributed by atoms with van der Waals surface area (Å²) >= 11 is 1.40. The first-order chi connectivity index (χ1) is 18.3. The monoisotopic (exact) mass is 532 g/mol. The lowest BCUT2D eigenvalue weighted by Gasteiger charge is -2.33. The SMILES string of the molecule is COc1cccc(C(C2CCOCC2)n2c3cc(-c4c(C)nnn4C)cnc3c3snc(C(C)(C)O)c32)c1. The van der Waals surface area contributed by atoms with Gasteiger partial charge in [-0.2, -0.15) is 4.37 Å². The van der Waals surface area contributed by atoms with Gasteiger partial charge in [0.15, 0.2) is 0 Å². The smallest absolute Gasteiger partial charge is 0.119 e. The summed E-state index contributed by atoms with van der Waals surface area (Å²) in [4.78, 5) is 4.97. The van der Waals surface area contributed by atoms with Gasteiger partial charge in [-0.25, -0.2) is 4.68 Å². The van der Waals surface area contributed by atoms with Crippen LogP contribution in [0, 0.1) is 12.8 Å². The molecule has 0 saturated carbocycles. The van der Waals surface area contributed by atoms with Crippen LogP contribution in [-0.2, 0) is 17.4 Å². The number of nitrogens with zero attached hydrogens (tertiary/aromatic N) is 6. The van der Waals surface area contributed by atoms with Crippen LogP contribution in [0.2, 0.25) is 0 Å². The van der Waals surface area contributed by atoms with E-state index in [0.29, 0.717) is 11.6 Å². The minimum atomic E-state index is -1.12. The van der Waals surface area contributed by atoms with Crippen LogP contribution >= 0.6 is 11.5 Å². The molecule has 0 bridgehead atoms. The number of ether oxygens (including phenoxy) is 2. The molecular weight excluding hydrogens is 500 g/mol. The molecule has 0 radical (unpaired) electrons. The van der Waals surface area contributed by atoms with Gasteiger partial charge in [0.05, 0.1) is 40.3 Å². The summed E-state index contributed by atoms with van der Waals surface area (Å²) in [5.74, 6) is 1.13. The van der Waals surface area contributed by atoms with Crippen molar-refractivity contribution in [2.24, 2.45) is 13.0 Å². The van der Waals surface area contributed by atoms with Crippen molar-refractivity contribution in [2.45, 2.75) is 45.3 Å². The van der Waals surface area contributed by atoms with Gasteiger partial charge in [0, 0.05) is 32.0 Å². The van der Waals surface area contributed by atoms with Gasteiger partial charge in [-0.3, -0.25) is 4.98 Å². The number of fused-ring (bicyclic) bond motifs is 3. The van der Waals surface area contributed by atoms with E-state index in [1.54, 1.807) is 25.6 Å². The highest BCUT2D eigenvalue weighted by Crippen LogP contribution is 2.45. The number of aromatic nitrogens is 6. The number of aryl methyl sites for hydroxylation is 2. The Kier molecular flexibility index (Phi) is 6.20. The van der Waals surface area contributed by atoms with Crippen molar-refractivity contribution in [1.82, 2.24) is 28.9 Å². The minimum absolute atomic E-state index is 0.0330. The van der Waals surface area contributed by atoms with E-state index in [0.717, 1.165) is 75.6 Å². The molecule has 1 atom stereocenters. The third kappa shape index (κ3) is 4.07. The molecule has 38 heavy (non-hydrogen) atoms. The van der Waals surface area contributed by atoms with Gasteiger partial charge in [-0.05, 0) is 74.8 Å². The van der Waals surface area contributed by atoms with Crippen LogP contribution in [0.25, 0.3) is 32.5 Å². The maximum atomic E-state index is 11.2. The fourth-order valence-corrected chi connectivity index (χ4v) is 6.78. The first-order valence-electron chi connectivity index (χ1n) is 12.9. The zero-order valence-corrected chi connectivity index (χ0v) is 23.1. The van der Waals surface area contributed by atoms with Crippen LogP contribution in [0.4, 0.5) is 0 Å². The number of benzene rings is 1. The molecular formula is C28H32N6O3S. The number of rotatable bonds is 6. The third-order valence-electron chi connectivity index (χ3n) is 7.52. The van der Waals surface area contributed by atoms with E-state index in [2.05, 4.69) is 33.1 Å². The molecule has 4 aromatic heterocycles. The fraction of sp³-hybridized carbons (Fsp3) is 0.429. The van der Waals surface area contributed by atoms with Crippen LogP contribution in [0.15, 0.2) is 36.5 Å². The van der Waals surface area contributed by atoms with Crippen molar-refractivity contribution < 1.29 is 14.6 Å². The summed E-state index contributed by atoms with van der Waals surface area (Å²) in [6.07, 6.45) is 3.74. The first-order valence-corrected chi connectivity index (χ1v) is 13.7. The van der Waals surface area contributed by atoms with Gasteiger partial charge < -0.3 is 19.1 Å². The number of pyridine rings is 1. The molecule has 1 N–H and O–H groups in total. The molecule has 1 fully saturated rings. The molecule has 1 aromatic carbocycles. The van der Waals surface area contributed by atoms with Crippen LogP contribution in [0.1, 0.15) is 49.7 Å². The van der Waals surface area contributed by atoms with Gasteiger partial charge in [0.25, 0.3) is 0 Å². The topological polar surface area (TPSA) is 100 Å². The number of hydrogen-bond donors (Lipinski definition) is 1. The van der Waals surface area contributed by atoms with E-state index < -0.39 is 5.60 Å². The molecule has 9 nitrogen and oxygen atoms in total. The largest absolute Gasteiger partial charge is 0.497 e. The van der Waals surface area contributed by atoms with Crippen LogP contribution < -0.4 is 4.74 Å². The van der Waals surface area contributed by atoms with Crippen molar-refractivity contribution >= 4 is 32.8 Å². The first kappa shape index (κ1) is 25.0. The molecule has 5 heterocycles. The van der Waals surface area contributed by atoms with E-state index >= 15 is 0 Å². The molecule has 0 amide bonds. The Morgan fingerprint density at radius 2 is 2.00 bits per heavy atom. The third-order valence-corrected chi connectivity index (χ3v) is 8.37. The lowest BCUT2D eigenvalue weighted by Crippen LogP contribution is -2.28. The Morgan fingerprint density at radius 3 is 2.68 bits per heavy atom. The maximum Gasteiger partial charge on any atom is 0.119 e. The zero-order valence-electron chi connectivity index (χ0n) is 22.3. The summed E-state index contributed by atoms with van der Waals surface area (Å²) < 4.78 is 21.3. The van der Waals surface area contributed by atoms with Crippen molar-refractivity contribution in [3.05, 3.63) is 53.5 Å². The van der Waals surface area contributed by atoms with Gasteiger partial charge >= 0.3 is 0 Å². The predicted molar refractivity (Wildman–Crippen MR) is 148 cm³/mol. The molecule has 1 aliphatic rings. The number of aliphatic hydroxyl groups is 1. The molecule has 0 spiro atoms. The molecule has 6 rings (SSSR count). The second-order valence-electron chi connectivity index (χ2n) is 10.5. The maximum absolute atomic E-state index is 11.2. The molecule has 198 valence electrons. The molecule has 1 unspecified atom stereocenters. The van der Waals surface area contributed by atoms with Gasteiger partial charge in [0.1, 0.15) is 22.6 Å². The highest BCUT2D eigenvalue weighted by Gasteiger charge is 2.35. The molecule has 1 aliphatic heterocycles. The quantitative estimate of drug-likeness (QED) is 0.328. The lowest BCUT2D eigenvalue weighted by molar-refractivity contribution is 0.0548. The van der Waals surface area contributed by atoms with Crippen LogP contribution in [-0.4, -0.2) is 54.3 Å². The predicted octanol–water partition coefficient (Wildman–Crippen LogP) is 5.00. The Labute approximate surface area is 225 Å². The lowest BCUT2D eigenvalue weighted by atomic mass is 9.86. The minimum Gasteiger partial charge on any atom is -0.497 e. The van der Waals surface area contributed by atoms with Gasteiger partial charge in [-0.15, -0.1) is 5.10 Å². The normalized spacial score (nSPS) is 15.9. The molecule has 1 saturated heterocycles. The second-order valence-corrected chi connectivity index (χ2v) is 11.3. The van der Waals surface area contributed by atoms with Crippen molar-refractivity contribution in [1.29, 1.82) is 0 Å². The van der Waals surface area contributed by atoms with E-state index in [4.69, 9.17) is 18.8 Å². The Morgan fingerprint density at radius 1 is 1.21 bits per heavy atom. The average Bonchev–Trinajstić information content (AvgIpc) is 3.58. The van der Waals surface area contributed by atoms with E-state index in [9.17, 15) is 5.11 Å². The highest BCUT2D eigenvalue weighted by atomic mass is 32.1. The van der Waals surface area contributed by atoms with Crippen molar-refractivity contribution in [2.75, 3.05) is 20.3 Å². The van der Waals surface area contributed by atoms with Crippen molar-refractivity contribution in [3.8, 4) is 17.0 Å². The molecule has 0 aliphatic carbocycles. The molecule has 5 aromatic rings. The van der Waals surface area contributed by atoms with Crippen molar-refractivity contribution in [3.63, 3.8) is 0 Å². The Balaban J connectivity index is 1.70. The highest BCUT2D eigenvalue weighted by molar-refractivity contribution is 7.14. The van der Waals surface area contributed by atoms with E-state index in [1.807, 2.05) is 32.3 Å². The van der Waals surface area contributed by atoms with E-state index in [-0.39, 0.29) is 6.04 Å². The molecule has 10 heteroatoms. The van der Waals surface area contributed by atoms with Crippen LogP contribution in [0.5, 0.6) is 5.75 Å². The summed E-state index contributed by atoms with van der Waals surface area (Å²) in [7, 11) is 3.59. The van der Waals surface area contributed by atoms with Gasteiger partial charge in [0.2, 0.25) is 0 Å². The average molecular weight is 533 g/mol. The number of hydrogen-bond acceptors (Lipinski definition) is 8. The van der Waals surface area contributed by atoms with Crippen LogP contribution in [0.3, 0.4) is 0 Å². The summed E-state index contributed by atoms with van der Waals surface area (Å²) in [6, 6.07) is 10.4. The number of methoxy groups -OCH3 is 1. The Bertz CT molecular complexity index is 1600. The summed E-state index contributed by atoms with van der Waals surface area (Å²) in [6.45, 7) is 6.99.